The van der Waals surface area contributed by atoms with Gasteiger partial charge >= 0.3 is 0 Å². The molecule has 2 rings (SSSR count). The molecule has 2 N–H and O–H groups in total. The van der Waals surface area contributed by atoms with Gasteiger partial charge in [0.05, 0.1) is 13.2 Å². The van der Waals surface area contributed by atoms with E-state index in [0.29, 0.717) is 22.7 Å². The van der Waals surface area contributed by atoms with E-state index in [9.17, 15) is 9.90 Å². The van der Waals surface area contributed by atoms with Crippen molar-refractivity contribution in [3.05, 3.63) is 48.0 Å². The van der Waals surface area contributed by atoms with E-state index in [1.165, 1.54) is 13.2 Å². The third kappa shape index (κ3) is 3.91. The highest BCUT2D eigenvalue weighted by molar-refractivity contribution is 6.04. The van der Waals surface area contributed by atoms with Gasteiger partial charge in [-0.25, -0.2) is 0 Å². The summed E-state index contributed by atoms with van der Waals surface area (Å²) in [6, 6.07) is 11.6. The number of methoxy groups -OCH3 is 1. The molecule has 0 unspecified atom stereocenters. The van der Waals surface area contributed by atoms with Crippen LogP contribution in [-0.2, 0) is 0 Å². The van der Waals surface area contributed by atoms with Crippen molar-refractivity contribution in [2.75, 3.05) is 12.4 Å². The highest BCUT2D eigenvalue weighted by Gasteiger charge is 2.09. The molecule has 0 radical (unpaired) electrons. The Labute approximate surface area is 129 Å². The summed E-state index contributed by atoms with van der Waals surface area (Å²) in [6.07, 6.45) is 0.0851. The van der Waals surface area contributed by atoms with Gasteiger partial charge in [0, 0.05) is 17.3 Å². The Balaban J connectivity index is 2.07. The SMILES string of the molecule is COc1ccc(NC(=O)c2ccc(OC(C)C)cc2)cc1O. The summed E-state index contributed by atoms with van der Waals surface area (Å²) in [7, 11) is 1.47. The maximum absolute atomic E-state index is 12.1. The standard InChI is InChI=1S/C17H19NO4/c1-11(2)22-14-7-4-12(5-8-14)17(20)18-13-6-9-16(21-3)15(19)10-13/h4-11,19H,1-3H3,(H,18,20). The van der Waals surface area contributed by atoms with Gasteiger partial charge in [-0.2, -0.15) is 0 Å². The predicted molar refractivity (Wildman–Crippen MR) is 84.8 cm³/mol. The molecule has 116 valence electrons. The van der Waals surface area contributed by atoms with Crippen molar-refractivity contribution in [1.82, 2.24) is 0 Å². The number of amides is 1. The van der Waals surface area contributed by atoms with Gasteiger partial charge in [-0.15, -0.1) is 0 Å². The molecule has 0 heterocycles. The Morgan fingerprint density at radius 2 is 1.82 bits per heavy atom. The summed E-state index contributed by atoms with van der Waals surface area (Å²) >= 11 is 0. The number of phenols is 1. The van der Waals surface area contributed by atoms with E-state index in [-0.39, 0.29) is 17.8 Å². The molecule has 0 aliphatic heterocycles. The number of benzene rings is 2. The number of ether oxygens (including phenoxy) is 2. The minimum absolute atomic E-state index is 0.0269. The van der Waals surface area contributed by atoms with Crippen molar-refractivity contribution in [2.45, 2.75) is 20.0 Å². The number of hydrogen-bond donors (Lipinski definition) is 2. The first-order valence-electron chi connectivity index (χ1n) is 6.94. The molecule has 5 nitrogen and oxygen atoms in total. The van der Waals surface area contributed by atoms with Crippen LogP contribution in [0.5, 0.6) is 17.2 Å². The smallest absolute Gasteiger partial charge is 0.255 e. The Kier molecular flexibility index (Phi) is 4.88. The highest BCUT2D eigenvalue weighted by atomic mass is 16.5. The maximum Gasteiger partial charge on any atom is 0.255 e. The molecule has 2 aromatic rings. The molecule has 0 fully saturated rings. The lowest BCUT2D eigenvalue weighted by atomic mass is 10.2. The second-order valence-electron chi connectivity index (χ2n) is 5.03. The second-order valence-corrected chi connectivity index (χ2v) is 5.03. The van der Waals surface area contributed by atoms with Gasteiger partial charge in [0.1, 0.15) is 5.75 Å². The fraction of sp³-hybridized carbons (Fsp3) is 0.235. The fourth-order valence-corrected chi connectivity index (χ4v) is 1.93. The lowest BCUT2D eigenvalue weighted by Gasteiger charge is -2.11. The van der Waals surface area contributed by atoms with Gasteiger partial charge in [0.2, 0.25) is 0 Å². The van der Waals surface area contributed by atoms with Crippen LogP contribution in [0.25, 0.3) is 0 Å². The normalized spacial score (nSPS) is 10.4. The van der Waals surface area contributed by atoms with Gasteiger partial charge in [0.25, 0.3) is 5.91 Å². The van der Waals surface area contributed by atoms with Crippen LogP contribution in [0.1, 0.15) is 24.2 Å². The Bertz CT molecular complexity index is 650. The second kappa shape index (κ2) is 6.85. The molecular formula is C17H19NO4. The van der Waals surface area contributed by atoms with E-state index < -0.39 is 0 Å². The van der Waals surface area contributed by atoms with Gasteiger partial charge in [-0.1, -0.05) is 0 Å². The summed E-state index contributed by atoms with van der Waals surface area (Å²) in [4.78, 5) is 12.1. The fourth-order valence-electron chi connectivity index (χ4n) is 1.93. The summed E-state index contributed by atoms with van der Waals surface area (Å²) in [5, 5.41) is 12.4. The molecule has 0 aromatic heterocycles. The lowest BCUT2D eigenvalue weighted by Crippen LogP contribution is -2.12. The Hall–Kier alpha value is -2.69. The molecule has 2 aromatic carbocycles. The van der Waals surface area contributed by atoms with Crippen LogP contribution in [0.15, 0.2) is 42.5 Å². The van der Waals surface area contributed by atoms with Crippen LogP contribution in [0.2, 0.25) is 0 Å². The molecule has 1 amide bonds. The lowest BCUT2D eigenvalue weighted by molar-refractivity contribution is 0.102. The van der Waals surface area contributed by atoms with E-state index in [4.69, 9.17) is 9.47 Å². The van der Waals surface area contributed by atoms with Crippen LogP contribution in [0, 0.1) is 0 Å². The molecule has 0 aliphatic rings. The predicted octanol–water partition coefficient (Wildman–Crippen LogP) is 3.44. The zero-order valence-corrected chi connectivity index (χ0v) is 12.8. The molecule has 0 aliphatic carbocycles. The van der Waals surface area contributed by atoms with Crippen LogP contribution < -0.4 is 14.8 Å². The average molecular weight is 301 g/mol. The molecule has 0 saturated carbocycles. The first-order chi connectivity index (χ1) is 10.5. The number of carbonyl (C=O) groups excluding carboxylic acids is 1. The minimum atomic E-state index is -0.263. The first kappa shape index (κ1) is 15.7. The van der Waals surface area contributed by atoms with Crippen LogP contribution in [0.4, 0.5) is 5.69 Å². The van der Waals surface area contributed by atoms with Crippen LogP contribution in [-0.4, -0.2) is 24.2 Å². The zero-order chi connectivity index (χ0) is 16.1. The van der Waals surface area contributed by atoms with E-state index in [2.05, 4.69) is 5.32 Å². The molecule has 0 spiro atoms. The summed E-state index contributed by atoms with van der Waals surface area (Å²) in [5.41, 5.74) is 0.997. The number of phenolic OH excluding ortho intramolecular Hbond substituents is 1. The number of aromatic hydroxyl groups is 1. The third-order valence-electron chi connectivity index (χ3n) is 2.93. The van der Waals surface area contributed by atoms with Gasteiger partial charge < -0.3 is 19.9 Å². The van der Waals surface area contributed by atoms with Crippen molar-refractivity contribution >= 4 is 11.6 Å². The number of hydrogen-bond acceptors (Lipinski definition) is 4. The number of anilines is 1. The molecular weight excluding hydrogens is 282 g/mol. The first-order valence-corrected chi connectivity index (χ1v) is 6.94. The molecule has 5 heteroatoms. The van der Waals surface area contributed by atoms with E-state index >= 15 is 0 Å². The number of nitrogens with one attached hydrogen (secondary N) is 1. The topological polar surface area (TPSA) is 67.8 Å². The minimum Gasteiger partial charge on any atom is -0.504 e. The molecule has 0 bridgehead atoms. The maximum atomic E-state index is 12.1. The Morgan fingerprint density at radius 3 is 2.36 bits per heavy atom. The van der Waals surface area contributed by atoms with Crippen molar-refractivity contribution in [2.24, 2.45) is 0 Å². The van der Waals surface area contributed by atoms with Crippen molar-refractivity contribution in [3.63, 3.8) is 0 Å². The van der Waals surface area contributed by atoms with Crippen molar-refractivity contribution in [1.29, 1.82) is 0 Å². The highest BCUT2D eigenvalue weighted by Crippen LogP contribution is 2.28. The quantitative estimate of drug-likeness (QED) is 0.887. The molecule has 0 saturated heterocycles. The third-order valence-corrected chi connectivity index (χ3v) is 2.93. The summed E-state index contributed by atoms with van der Waals surface area (Å²) in [5.74, 6) is 0.781. The van der Waals surface area contributed by atoms with Gasteiger partial charge in [0.15, 0.2) is 11.5 Å². The van der Waals surface area contributed by atoms with E-state index in [1.807, 2.05) is 13.8 Å². The van der Waals surface area contributed by atoms with Crippen molar-refractivity contribution in [3.8, 4) is 17.2 Å². The Morgan fingerprint density at radius 1 is 1.14 bits per heavy atom. The largest absolute Gasteiger partial charge is 0.504 e. The monoisotopic (exact) mass is 301 g/mol. The summed E-state index contributed by atoms with van der Waals surface area (Å²) in [6.45, 7) is 3.88. The van der Waals surface area contributed by atoms with E-state index in [0.717, 1.165) is 0 Å². The molecule has 0 atom stereocenters. The number of rotatable bonds is 5. The van der Waals surface area contributed by atoms with E-state index in [1.54, 1.807) is 36.4 Å². The van der Waals surface area contributed by atoms with Crippen LogP contribution >= 0.6 is 0 Å². The average Bonchev–Trinajstić information content (AvgIpc) is 2.47. The number of carbonyl (C=O) groups is 1. The van der Waals surface area contributed by atoms with Gasteiger partial charge in [-0.05, 0) is 50.2 Å². The zero-order valence-electron chi connectivity index (χ0n) is 12.8. The van der Waals surface area contributed by atoms with Gasteiger partial charge in [-0.3, -0.25) is 4.79 Å². The molecule has 22 heavy (non-hydrogen) atoms. The summed E-state index contributed by atoms with van der Waals surface area (Å²) < 4.78 is 10.5. The van der Waals surface area contributed by atoms with Crippen molar-refractivity contribution < 1.29 is 19.4 Å². The van der Waals surface area contributed by atoms with Crippen LogP contribution in [0.3, 0.4) is 0 Å².